The van der Waals surface area contributed by atoms with E-state index >= 15 is 0 Å². The Bertz CT molecular complexity index is 1500. The van der Waals surface area contributed by atoms with Gasteiger partial charge in [0.15, 0.2) is 4.90 Å². The SMILES string of the molecule is CC(C)S(=O)(=O)N1CCN(c2cnn(-c3cccc(Cl)c3)c(=O)c2S(=O)(=O)c2ccccc2)CC1. The van der Waals surface area contributed by atoms with Crippen LogP contribution in [0, 0.1) is 0 Å². The molecule has 1 aliphatic rings. The van der Waals surface area contributed by atoms with E-state index in [2.05, 4.69) is 5.10 Å². The topological polar surface area (TPSA) is 110 Å². The predicted octanol–water partition coefficient (Wildman–Crippen LogP) is 2.58. The number of nitrogens with zero attached hydrogens (tertiary/aromatic N) is 4. The lowest BCUT2D eigenvalue weighted by atomic mass is 10.3. The van der Waals surface area contributed by atoms with Crippen LogP contribution in [0.3, 0.4) is 0 Å². The zero-order valence-electron chi connectivity index (χ0n) is 19.2. The van der Waals surface area contributed by atoms with Crippen LogP contribution in [0.15, 0.2) is 75.4 Å². The lowest BCUT2D eigenvalue weighted by Crippen LogP contribution is -2.51. The van der Waals surface area contributed by atoms with Crippen LogP contribution in [-0.2, 0) is 19.9 Å². The standard InChI is InChI=1S/C23H25ClN4O5S2/c1-17(2)35(32,33)27-13-11-26(12-14-27)21-16-25-28(19-8-6-7-18(24)15-19)23(29)22(21)34(30,31)20-9-4-3-5-10-20/h3-10,15-17H,11-14H2,1-2H3. The van der Waals surface area contributed by atoms with Gasteiger partial charge in [-0.3, -0.25) is 4.79 Å². The van der Waals surface area contributed by atoms with E-state index in [1.165, 1.54) is 28.7 Å². The summed E-state index contributed by atoms with van der Waals surface area (Å²) in [6, 6.07) is 14.1. The molecule has 186 valence electrons. The molecule has 1 saturated heterocycles. The van der Waals surface area contributed by atoms with Gasteiger partial charge < -0.3 is 4.90 Å². The summed E-state index contributed by atoms with van der Waals surface area (Å²) in [5, 5.41) is 4.04. The fraction of sp³-hybridized carbons (Fsp3) is 0.304. The molecule has 2 heterocycles. The van der Waals surface area contributed by atoms with E-state index in [1.807, 2.05) is 0 Å². The number of hydrogen-bond acceptors (Lipinski definition) is 7. The molecule has 3 aromatic rings. The summed E-state index contributed by atoms with van der Waals surface area (Å²) in [5.74, 6) is 0. The van der Waals surface area contributed by atoms with Crippen molar-refractivity contribution < 1.29 is 16.8 Å². The Morgan fingerprint density at radius 3 is 2.17 bits per heavy atom. The molecular formula is C23H25ClN4O5S2. The number of hydrogen-bond donors (Lipinski definition) is 0. The highest BCUT2D eigenvalue weighted by molar-refractivity contribution is 7.91. The van der Waals surface area contributed by atoms with Crippen LogP contribution in [-0.4, -0.2) is 62.4 Å². The highest BCUT2D eigenvalue weighted by atomic mass is 35.5. The average molecular weight is 537 g/mol. The Morgan fingerprint density at radius 1 is 0.914 bits per heavy atom. The number of rotatable bonds is 6. The zero-order chi connectivity index (χ0) is 25.4. The van der Waals surface area contributed by atoms with Gasteiger partial charge >= 0.3 is 0 Å². The third kappa shape index (κ3) is 4.86. The van der Waals surface area contributed by atoms with E-state index in [0.717, 1.165) is 4.68 Å². The van der Waals surface area contributed by atoms with Crippen molar-refractivity contribution in [1.29, 1.82) is 0 Å². The number of sulfone groups is 1. The van der Waals surface area contributed by atoms with Gasteiger partial charge in [-0.2, -0.15) is 14.1 Å². The van der Waals surface area contributed by atoms with Crippen LogP contribution >= 0.6 is 11.6 Å². The first-order valence-electron chi connectivity index (χ1n) is 11.0. The Labute approximate surface area is 209 Å². The molecule has 1 fully saturated rings. The molecule has 0 N–H and O–H groups in total. The first-order valence-corrected chi connectivity index (χ1v) is 14.3. The van der Waals surface area contributed by atoms with Gasteiger partial charge in [0.05, 0.1) is 27.7 Å². The normalized spacial score (nSPS) is 15.5. The maximum absolute atomic E-state index is 13.7. The van der Waals surface area contributed by atoms with Gasteiger partial charge in [0.1, 0.15) is 0 Å². The molecule has 1 aliphatic heterocycles. The number of piperazine rings is 1. The second-order valence-electron chi connectivity index (χ2n) is 8.35. The lowest BCUT2D eigenvalue weighted by molar-refractivity contribution is 0.380. The lowest BCUT2D eigenvalue weighted by Gasteiger charge is -2.36. The molecule has 1 aromatic heterocycles. The van der Waals surface area contributed by atoms with Crippen LogP contribution in [0.1, 0.15) is 13.8 Å². The van der Waals surface area contributed by atoms with Crippen LogP contribution in [0.2, 0.25) is 5.02 Å². The fourth-order valence-corrected chi connectivity index (χ4v) is 6.88. The molecule has 0 atom stereocenters. The molecule has 35 heavy (non-hydrogen) atoms. The predicted molar refractivity (Wildman–Crippen MR) is 135 cm³/mol. The second-order valence-corrected chi connectivity index (χ2v) is 13.2. The van der Waals surface area contributed by atoms with Gasteiger partial charge in [-0.25, -0.2) is 16.8 Å². The first kappa shape index (κ1) is 25.4. The first-order chi connectivity index (χ1) is 16.5. The molecule has 0 radical (unpaired) electrons. The molecule has 4 rings (SSSR count). The molecule has 0 spiro atoms. The van der Waals surface area contributed by atoms with E-state index in [0.29, 0.717) is 10.7 Å². The van der Waals surface area contributed by atoms with E-state index in [-0.39, 0.29) is 36.8 Å². The molecule has 9 nitrogen and oxygen atoms in total. The molecule has 0 bridgehead atoms. The summed E-state index contributed by atoms with van der Waals surface area (Å²) in [5.41, 5.74) is -0.351. The molecular weight excluding hydrogens is 512 g/mol. The van der Waals surface area contributed by atoms with Gasteiger partial charge in [0.25, 0.3) is 5.56 Å². The van der Waals surface area contributed by atoms with E-state index in [4.69, 9.17) is 11.6 Å². The van der Waals surface area contributed by atoms with E-state index in [1.54, 1.807) is 55.1 Å². The van der Waals surface area contributed by atoms with Crippen molar-refractivity contribution in [1.82, 2.24) is 14.1 Å². The van der Waals surface area contributed by atoms with Crippen LogP contribution in [0.5, 0.6) is 0 Å². The number of sulfonamides is 1. The summed E-state index contributed by atoms with van der Waals surface area (Å²) in [6.07, 6.45) is 1.34. The number of benzene rings is 2. The smallest absolute Gasteiger partial charge is 0.292 e. The molecule has 0 saturated carbocycles. The highest BCUT2D eigenvalue weighted by Crippen LogP contribution is 2.29. The summed E-state index contributed by atoms with van der Waals surface area (Å²) < 4.78 is 54.9. The third-order valence-electron chi connectivity index (χ3n) is 5.82. The highest BCUT2D eigenvalue weighted by Gasteiger charge is 2.34. The summed E-state index contributed by atoms with van der Waals surface area (Å²) >= 11 is 6.07. The van der Waals surface area contributed by atoms with Crippen molar-refractivity contribution in [3.05, 3.63) is 76.2 Å². The monoisotopic (exact) mass is 536 g/mol. The minimum Gasteiger partial charge on any atom is -0.366 e. The maximum atomic E-state index is 13.7. The van der Waals surface area contributed by atoms with Crippen LogP contribution in [0.4, 0.5) is 5.69 Å². The van der Waals surface area contributed by atoms with E-state index < -0.39 is 35.6 Å². The third-order valence-corrected chi connectivity index (χ3v) is 10.2. The number of halogens is 1. The molecule has 2 aromatic carbocycles. The quantitative estimate of drug-likeness (QED) is 0.476. The van der Waals surface area contributed by atoms with Crippen molar-refractivity contribution in [2.45, 2.75) is 28.9 Å². The van der Waals surface area contributed by atoms with Crippen molar-refractivity contribution >= 4 is 37.1 Å². The minimum absolute atomic E-state index is 0.0248. The van der Waals surface area contributed by atoms with E-state index in [9.17, 15) is 21.6 Å². The van der Waals surface area contributed by atoms with Crippen molar-refractivity contribution in [3.63, 3.8) is 0 Å². The zero-order valence-corrected chi connectivity index (χ0v) is 21.6. The Balaban J connectivity index is 1.83. The van der Waals surface area contributed by atoms with Crippen molar-refractivity contribution in [2.24, 2.45) is 0 Å². The van der Waals surface area contributed by atoms with Gasteiger partial charge in [0.2, 0.25) is 19.9 Å². The summed E-state index contributed by atoms with van der Waals surface area (Å²) in [7, 11) is -7.67. The maximum Gasteiger partial charge on any atom is 0.292 e. The number of anilines is 1. The molecule has 0 aliphatic carbocycles. The molecule has 12 heteroatoms. The Kier molecular flexibility index (Phi) is 7.05. The van der Waals surface area contributed by atoms with Gasteiger partial charge in [-0.05, 0) is 44.2 Å². The Hall–Kier alpha value is -2.73. The summed E-state index contributed by atoms with van der Waals surface area (Å²) in [4.78, 5) is 14.9. The largest absolute Gasteiger partial charge is 0.366 e. The van der Waals surface area contributed by atoms with Gasteiger partial charge in [-0.1, -0.05) is 35.9 Å². The van der Waals surface area contributed by atoms with Crippen molar-refractivity contribution in [2.75, 3.05) is 31.1 Å². The van der Waals surface area contributed by atoms with Crippen LogP contribution in [0.25, 0.3) is 5.69 Å². The number of aromatic nitrogens is 2. The second kappa shape index (κ2) is 9.73. The Morgan fingerprint density at radius 2 is 1.57 bits per heavy atom. The van der Waals surface area contributed by atoms with Crippen LogP contribution < -0.4 is 10.5 Å². The van der Waals surface area contributed by atoms with Gasteiger partial charge in [0, 0.05) is 31.2 Å². The fourth-order valence-electron chi connectivity index (χ4n) is 3.90. The molecule has 0 unspecified atom stereocenters. The average Bonchev–Trinajstić information content (AvgIpc) is 2.84. The molecule has 0 amide bonds. The minimum atomic E-state index is -4.23. The van der Waals surface area contributed by atoms with Crippen molar-refractivity contribution in [3.8, 4) is 5.69 Å². The summed E-state index contributed by atoms with van der Waals surface area (Å²) in [6.45, 7) is 4.00. The van der Waals surface area contributed by atoms with Gasteiger partial charge in [-0.15, -0.1) is 0 Å².